The highest BCUT2D eigenvalue weighted by atomic mass is 31.2. The predicted molar refractivity (Wildman–Crippen MR) is 92.8 cm³/mol. The first-order valence-electron chi connectivity index (χ1n) is 8.91. The Kier molecular flexibility index (Phi) is 5.92. The molecule has 2 unspecified atom stereocenters. The van der Waals surface area contributed by atoms with Gasteiger partial charge in [-0.1, -0.05) is 38.8 Å². The summed E-state index contributed by atoms with van der Waals surface area (Å²) >= 11 is 0. The second-order valence-corrected chi connectivity index (χ2v) is 7.69. The highest BCUT2D eigenvalue weighted by Gasteiger charge is 2.49. The summed E-state index contributed by atoms with van der Waals surface area (Å²) in [5, 5.41) is 0. The minimum absolute atomic E-state index is 0.110. The second kappa shape index (κ2) is 8.15. The van der Waals surface area contributed by atoms with E-state index < -0.39 is 14.1 Å². The van der Waals surface area contributed by atoms with Crippen LogP contribution in [0.15, 0.2) is 36.0 Å². The van der Waals surface area contributed by atoms with Crippen LogP contribution in [0.4, 0.5) is 0 Å². The fraction of sp³-hybridized carbons (Fsp3) is 0.556. The van der Waals surface area contributed by atoms with E-state index in [1.54, 1.807) is 0 Å². The Morgan fingerprint density at radius 1 is 1.08 bits per heavy atom. The molecule has 25 heavy (non-hydrogen) atoms. The molecule has 2 aliphatic heterocycles. The molecule has 2 atom stereocenters. The van der Waals surface area contributed by atoms with Crippen LogP contribution in [0, 0.1) is 0 Å². The van der Waals surface area contributed by atoms with Crippen LogP contribution in [0.2, 0.25) is 0 Å². The van der Waals surface area contributed by atoms with Gasteiger partial charge in [0.1, 0.15) is 12.4 Å². The van der Waals surface area contributed by atoms with Crippen molar-refractivity contribution in [2.75, 3.05) is 6.61 Å². The number of benzene rings is 1. The van der Waals surface area contributed by atoms with E-state index in [1.165, 1.54) is 18.4 Å². The van der Waals surface area contributed by atoms with Gasteiger partial charge in [0.25, 0.3) is 0 Å². The topological polar surface area (TPSA) is 63.2 Å². The number of phosphoric ester groups is 1. The SMILES string of the molecule is CCCCc1ccc(OC(CCCC)OC2=C3COP(=O)(O3)O2)cc1. The zero-order valence-electron chi connectivity index (χ0n) is 14.7. The number of fused-ring (bicyclic) bond motifs is 2. The van der Waals surface area contributed by atoms with Crippen molar-refractivity contribution in [1.29, 1.82) is 0 Å². The van der Waals surface area contributed by atoms with Crippen LogP contribution in [0.1, 0.15) is 51.5 Å². The average Bonchev–Trinajstić information content (AvgIpc) is 3.14. The number of aryl methyl sites for hydroxylation is 1. The van der Waals surface area contributed by atoms with Crippen LogP contribution in [-0.2, 0) is 29.3 Å². The molecule has 1 fully saturated rings. The molecular formula is C18H25O6P. The molecule has 0 spiro atoms. The van der Waals surface area contributed by atoms with E-state index in [2.05, 4.69) is 26.0 Å². The summed E-state index contributed by atoms with van der Waals surface area (Å²) in [6.45, 7) is 4.40. The van der Waals surface area contributed by atoms with E-state index in [0.29, 0.717) is 12.2 Å². The summed E-state index contributed by atoms with van der Waals surface area (Å²) in [4.78, 5) is 0. The third-order valence-electron chi connectivity index (χ3n) is 4.04. The Balaban J connectivity index is 1.62. The zero-order chi connectivity index (χ0) is 17.7. The lowest BCUT2D eigenvalue weighted by Crippen LogP contribution is -2.21. The van der Waals surface area contributed by atoms with E-state index in [4.69, 9.17) is 23.0 Å². The van der Waals surface area contributed by atoms with E-state index in [-0.39, 0.29) is 12.6 Å². The summed E-state index contributed by atoms with van der Waals surface area (Å²) in [6.07, 6.45) is 5.56. The molecule has 2 aliphatic rings. The molecular weight excluding hydrogens is 343 g/mol. The van der Waals surface area contributed by atoms with Crippen LogP contribution >= 0.6 is 7.82 Å². The molecule has 0 radical (unpaired) electrons. The zero-order valence-corrected chi connectivity index (χ0v) is 15.6. The van der Waals surface area contributed by atoms with Crippen molar-refractivity contribution in [3.8, 4) is 5.75 Å². The van der Waals surface area contributed by atoms with Crippen molar-refractivity contribution in [2.45, 2.75) is 58.7 Å². The van der Waals surface area contributed by atoms with Gasteiger partial charge in [-0.25, -0.2) is 4.57 Å². The lowest BCUT2D eigenvalue weighted by molar-refractivity contribution is -0.0859. The van der Waals surface area contributed by atoms with Gasteiger partial charge >= 0.3 is 13.8 Å². The molecule has 0 aliphatic carbocycles. The second-order valence-electron chi connectivity index (χ2n) is 6.17. The third kappa shape index (κ3) is 4.71. The Bertz CT molecular complexity index is 654. The molecule has 0 N–H and O–H groups in total. The minimum atomic E-state index is -3.47. The van der Waals surface area contributed by atoms with Gasteiger partial charge in [-0.15, -0.1) is 0 Å². The standard InChI is InChI=1S/C18H25O6P/c1-3-5-7-14-9-11-15(12-10-14)21-17(8-6-4-2)22-18-16-13-20-25(19,23-16)24-18/h9-12,17H,3-8,13H2,1-2H3. The molecule has 7 heteroatoms. The highest BCUT2D eigenvalue weighted by molar-refractivity contribution is 7.49. The van der Waals surface area contributed by atoms with Crippen LogP contribution in [0.25, 0.3) is 0 Å². The number of phosphoric acid groups is 1. The summed E-state index contributed by atoms with van der Waals surface area (Å²) in [5.74, 6) is 1.19. The van der Waals surface area contributed by atoms with E-state index >= 15 is 0 Å². The lowest BCUT2D eigenvalue weighted by Gasteiger charge is -2.21. The lowest BCUT2D eigenvalue weighted by atomic mass is 10.1. The van der Waals surface area contributed by atoms with E-state index in [1.807, 2.05) is 12.1 Å². The van der Waals surface area contributed by atoms with Crippen LogP contribution in [0.5, 0.6) is 5.75 Å². The van der Waals surface area contributed by atoms with Crippen molar-refractivity contribution in [3.05, 3.63) is 41.5 Å². The minimum Gasteiger partial charge on any atom is -0.455 e. The first-order valence-corrected chi connectivity index (χ1v) is 10.4. The molecule has 0 amide bonds. The number of rotatable bonds is 10. The molecule has 1 aromatic rings. The van der Waals surface area contributed by atoms with Gasteiger partial charge in [0.2, 0.25) is 12.0 Å². The molecule has 1 saturated heterocycles. The Morgan fingerprint density at radius 2 is 1.84 bits per heavy atom. The number of ether oxygens (including phenoxy) is 2. The van der Waals surface area contributed by atoms with Crippen molar-refractivity contribution >= 4 is 7.82 Å². The first kappa shape index (κ1) is 18.2. The summed E-state index contributed by atoms with van der Waals surface area (Å²) in [7, 11) is -3.47. The van der Waals surface area contributed by atoms with Gasteiger partial charge in [0.15, 0.2) is 0 Å². The average molecular weight is 368 g/mol. The third-order valence-corrected chi connectivity index (χ3v) is 5.32. The Hall–Kier alpha value is -1.65. The predicted octanol–water partition coefficient (Wildman–Crippen LogP) is 5.30. The maximum absolute atomic E-state index is 11.9. The molecule has 3 rings (SSSR count). The smallest absolute Gasteiger partial charge is 0.455 e. The van der Waals surface area contributed by atoms with Crippen LogP contribution in [-0.4, -0.2) is 12.9 Å². The van der Waals surface area contributed by atoms with Crippen LogP contribution < -0.4 is 4.74 Å². The van der Waals surface area contributed by atoms with Gasteiger partial charge in [0, 0.05) is 6.42 Å². The molecule has 0 aromatic heterocycles. The van der Waals surface area contributed by atoms with Crippen molar-refractivity contribution in [3.63, 3.8) is 0 Å². The fourth-order valence-electron chi connectivity index (χ4n) is 2.61. The van der Waals surface area contributed by atoms with E-state index in [9.17, 15) is 4.57 Å². The normalized spacial score (nSPS) is 22.5. The highest BCUT2D eigenvalue weighted by Crippen LogP contribution is 2.63. The van der Waals surface area contributed by atoms with Gasteiger partial charge in [-0.3, -0.25) is 4.52 Å². The molecule has 2 bridgehead atoms. The monoisotopic (exact) mass is 368 g/mol. The number of hydrogen-bond acceptors (Lipinski definition) is 6. The van der Waals surface area contributed by atoms with Crippen molar-refractivity contribution in [2.24, 2.45) is 0 Å². The maximum atomic E-state index is 11.9. The summed E-state index contributed by atoms with van der Waals surface area (Å²) in [5.41, 5.74) is 1.30. The molecule has 1 aromatic carbocycles. The molecule has 6 nitrogen and oxygen atoms in total. The molecule has 2 heterocycles. The maximum Gasteiger partial charge on any atom is 0.590 e. The number of unbranched alkanes of at least 4 members (excludes halogenated alkanes) is 2. The summed E-state index contributed by atoms with van der Waals surface area (Å²) in [6, 6.07) is 8.06. The molecule has 138 valence electrons. The largest absolute Gasteiger partial charge is 0.590 e. The van der Waals surface area contributed by atoms with Gasteiger partial charge in [-0.2, -0.15) is 0 Å². The van der Waals surface area contributed by atoms with E-state index in [0.717, 1.165) is 25.0 Å². The van der Waals surface area contributed by atoms with Crippen LogP contribution in [0.3, 0.4) is 0 Å². The number of hydrogen-bond donors (Lipinski definition) is 0. The van der Waals surface area contributed by atoms with Gasteiger partial charge in [-0.05, 0) is 37.0 Å². The Morgan fingerprint density at radius 3 is 2.44 bits per heavy atom. The first-order chi connectivity index (χ1) is 12.1. The Labute approximate surface area is 148 Å². The van der Waals surface area contributed by atoms with Crippen molar-refractivity contribution < 1.29 is 27.6 Å². The van der Waals surface area contributed by atoms with Gasteiger partial charge in [0.05, 0.1) is 0 Å². The summed E-state index contributed by atoms with van der Waals surface area (Å²) < 4.78 is 38.8. The van der Waals surface area contributed by atoms with Crippen molar-refractivity contribution in [1.82, 2.24) is 0 Å². The molecule has 0 saturated carbocycles. The van der Waals surface area contributed by atoms with Gasteiger partial charge < -0.3 is 18.5 Å². The quantitative estimate of drug-likeness (QED) is 0.413. The fourth-order valence-corrected chi connectivity index (χ4v) is 3.77.